The molecule has 0 atom stereocenters. The molecule has 0 bridgehead atoms. The monoisotopic (exact) mass is 348 g/mol. The van der Waals surface area contributed by atoms with Gasteiger partial charge in [-0.05, 0) is 30.7 Å². The highest BCUT2D eigenvalue weighted by Crippen LogP contribution is 2.20. The van der Waals surface area contributed by atoms with Crippen molar-refractivity contribution in [3.05, 3.63) is 78.1 Å². The van der Waals surface area contributed by atoms with Crippen LogP contribution in [0.1, 0.15) is 22.8 Å². The SMILES string of the molecule is CCN(Cc1ccccc1)c1cc(Nc2cccc(C(=O)O)c2)ncn1. The van der Waals surface area contributed by atoms with Crippen molar-refractivity contribution in [3.63, 3.8) is 0 Å². The first kappa shape index (κ1) is 17.4. The van der Waals surface area contributed by atoms with Gasteiger partial charge in [0.2, 0.25) is 0 Å². The number of aromatic carboxylic acids is 1. The first-order chi connectivity index (χ1) is 12.7. The van der Waals surface area contributed by atoms with Gasteiger partial charge in [-0.2, -0.15) is 0 Å². The number of carbonyl (C=O) groups is 1. The fourth-order valence-electron chi connectivity index (χ4n) is 2.62. The van der Waals surface area contributed by atoms with E-state index < -0.39 is 5.97 Å². The first-order valence-corrected chi connectivity index (χ1v) is 8.37. The van der Waals surface area contributed by atoms with Crippen molar-refractivity contribution >= 4 is 23.3 Å². The molecule has 0 unspecified atom stereocenters. The summed E-state index contributed by atoms with van der Waals surface area (Å²) >= 11 is 0. The summed E-state index contributed by atoms with van der Waals surface area (Å²) in [6, 6.07) is 18.7. The lowest BCUT2D eigenvalue weighted by Crippen LogP contribution is -2.23. The van der Waals surface area contributed by atoms with Crippen LogP contribution in [0, 0.1) is 0 Å². The van der Waals surface area contributed by atoms with Crippen molar-refractivity contribution in [2.45, 2.75) is 13.5 Å². The lowest BCUT2D eigenvalue weighted by molar-refractivity contribution is 0.0697. The van der Waals surface area contributed by atoms with Crippen LogP contribution in [-0.4, -0.2) is 27.6 Å². The largest absolute Gasteiger partial charge is 0.478 e. The van der Waals surface area contributed by atoms with Crippen molar-refractivity contribution in [1.29, 1.82) is 0 Å². The number of hydrogen-bond donors (Lipinski definition) is 2. The highest BCUT2D eigenvalue weighted by atomic mass is 16.4. The van der Waals surface area contributed by atoms with E-state index in [4.69, 9.17) is 5.11 Å². The molecule has 26 heavy (non-hydrogen) atoms. The smallest absolute Gasteiger partial charge is 0.335 e. The summed E-state index contributed by atoms with van der Waals surface area (Å²) in [5.41, 5.74) is 2.10. The number of nitrogens with zero attached hydrogens (tertiary/aromatic N) is 3. The third kappa shape index (κ3) is 4.36. The zero-order valence-corrected chi connectivity index (χ0v) is 14.5. The van der Waals surface area contributed by atoms with Crippen LogP contribution >= 0.6 is 0 Å². The second-order valence-electron chi connectivity index (χ2n) is 5.77. The standard InChI is InChI=1S/C20H20N4O2/c1-2-24(13-15-7-4-3-5-8-15)19-12-18(21-14-22-19)23-17-10-6-9-16(11-17)20(25)26/h3-12,14H,2,13H2,1H3,(H,25,26)(H,21,22,23). The van der Waals surface area contributed by atoms with Crippen molar-refractivity contribution in [1.82, 2.24) is 9.97 Å². The molecule has 0 aliphatic rings. The van der Waals surface area contributed by atoms with E-state index in [9.17, 15) is 4.79 Å². The molecule has 2 N–H and O–H groups in total. The summed E-state index contributed by atoms with van der Waals surface area (Å²) in [7, 11) is 0. The van der Waals surface area contributed by atoms with Gasteiger partial charge in [-0.3, -0.25) is 0 Å². The molecule has 0 saturated heterocycles. The molecule has 3 aromatic rings. The lowest BCUT2D eigenvalue weighted by Gasteiger charge is -2.22. The van der Waals surface area contributed by atoms with E-state index >= 15 is 0 Å². The number of carboxylic acid groups (broad SMARTS) is 1. The minimum Gasteiger partial charge on any atom is -0.478 e. The second kappa shape index (κ2) is 8.11. The van der Waals surface area contributed by atoms with Crippen LogP contribution < -0.4 is 10.2 Å². The summed E-state index contributed by atoms with van der Waals surface area (Å²) in [5.74, 6) is 0.462. The summed E-state index contributed by atoms with van der Waals surface area (Å²) in [4.78, 5) is 21.9. The molecule has 0 saturated carbocycles. The van der Waals surface area contributed by atoms with Gasteiger partial charge in [0.25, 0.3) is 0 Å². The highest BCUT2D eigenvalue weighted by molar-refractivity contribution is 5.89. The Hall–Kier alpha value is -3.41. The van der Waals surface area contributed by atoms with Gasteiger partial charge in [0.1, 0.15) is 18.0 Å². The Balaban J connectivity index is 1.78. The lowest BCUT2D eigenvalue weighted by atomic mass is 10.2. The van der Waals surface area contributed by atoms with Crippen LogP contribution in [0.4, 0.5) is 17.3 Å². The van der Waals surface area contributed by atoms with Crippen LogP contribution in [-0.2, 0) is 6.54 Å². The molecule has 0 radical (unpaired) electrons. The molecule has 2 aromatic carbocycles. The van der Waals surface area contributed by atoms with Gasteiger partial charge in [-0.25, -0.2) is 14.8 Å². The zero-order chi connectivity index (χ0) is 18.4. The van der Waals surface area contributed by atoms with E-state index in [2.05, 4.69) is 39.2 Å². The van der Waals surface area contributed by atoms with E-state index in [1.807, 2.05) is 24.3 Å². The van der Waals surface area contributed by atoms with Gasteiger partial charge in [0.15, 0.2) is 0 Å². The minimum atomic E-state index is -0.961. The van der Waals surface area contributed by atoms with Gasteiger partial charge in [-0.15, -0.1) is 0 Å². The predicted molar refractivity (Wildman–Crippen MR) is 102 cm³/mol. The minimum absolute atomic E-state index is 0.226. The maximum absolute atomic E-state index is 11.1. The van der Waals surface area contributed by atoms with Gasteiger partial charge in [-0.1, -0.05) is 36.4 Å². The molecule has 0 aliphatic carbocycles. The molecule has 0 amide bonds. The number of aromatic nitrogens is 2. The fourth-order valence-corrected chi connectivity index (χ4v) is 2.62. The van der Waals surface area contributed by atoms with Crippen LogP contribution in [0.2, 0.25) is 0 Å². The molecular formula is C20H20N4O2. The van der Waals surface area contributed by atoms with Crippen molar-refractivity contribution in [2.75, 3.05) is 16.8 Å². The molecule has 1 heterocycles. The Labute approximate surface area is 152 Å². The van der Waals surface area contributed by atoms with Gasteiger partial charge in [0, 0.05) is 24.8 Å². The van der Waals surface area contributed by atoms with Crippen LogP contribution in [0.25, 0.3) is 0 Å². The van der Waals surface area contributed by atoms with Crippen LogP contribution in [0.3, 0.4) is 0 Å². The molecule has 6 heteroatoms. The highest BCUT2D eigenvalue weighted by Gasteiger charge is 2.09. The average Bonchev–Trinajstić information content (AvgIpc) is 2.67. The molecule has 3 rings (SSSR count). The average molecular weight is 348 g/mol. The second-order valence-corrected chi connectivity index (χ2v) is 5.77. The molecule has 132 valence electrons. The summed E-state index contributed by atoms with van der Waals surface area (Å²) in [6.45, 7) is 3.64. The maximum atomic E-state index is 11.1. The van der Waals surface area contributed by atoms with Gasteiger partial charge < -0.3 is 15.3 Å². The maximum Gasteiger partial charge on any atom is 0.335 e. The Morgan fingerprint density at radius 1 is 1.08 bits per heavy atom. The predicted octanol–water partition coefficient (Wildman–Crippen LogP) is 3.94. The number of carboxylic acids is 1. The van der Waals surface area contributed by atoms with Crippen LogP contribution in [0.5, 0.6) is 0 Å². The van der Waals surface area contributed by atoms with Crippen molar-refractivity contribution in [3.8, 4) is 0 Å². The van der Waals surface area contributed by atoms with Gasteiger partial charge in [0.05, 0.1) is 5.56 Å². The summed E-state index contributed by atoms with van der Waals surface area (Å²) in [6.07, 6.45) is 1.51. The van der Waals surface area contributed by atoms with E-state index in [1.54, 1.807) is 24.3 Å². The molecule has 0 fully saturated rings. The zero-order valence-electron chi connectivity index (χ0n) is 14.5. The van der Waals surface area contributed by atoms with Crippen molar-refractivity contribution < 1.29 is 9.90 Å². The van der Waals surface area contributed by atoms with E-state index in [-0.39, 0.29) is 5.56 Å². The number of benzene rings is 2. The molecular weight excluding hydrogens is 328 g/mol. The third-order valence-electron chi connectivity index (χ3n) is 3.96. The summed E-state index contributed by atoms with van der Waals surface area (Å²) < 4.78 is 0. The molecule has 0 spiro atoms. The number of rotatable bonds is 7. The van der Waals surface area contributed by atoms with E-state index in [1.165, 1.54) is 11.9 Å². The normalized spacial score (nSPS) is 10.3. The van der Waals surface area contributed by atoms with Gasteiger partial charge >= 0.3 is 5.97 Å². The Morgan fingerprint density at radius 3 is 2.62 bits per heavy atom. The number of nitrogens with one attached hydrogen (secondary N) is 1. The van der Waals surface area contributed by atoms with Crippen LogP contribution in [0.15, 0.2) is 67.0 Å². The van der Waals surface area contributed by atoms with E-state index in [0.29, 0.717) is 11.5 Å². The summed E-state index contributed by atoms with van der Waals surface area (Å²) in [5, 5.41) is 12.2. The number of hydrogen-bond acceptors (Lipinski definition) is 5. The van der Waals surface area contributed by atoms with Crippen molar-refractivity contribution in [2.24, 2.45) is 0 Å². The first-order valence-electron chi connectivity index (χ1n) is 8.37. The Kier molecular flexibility index (Phi) is 5.43. The Morgan fingerprint density at radius 2 is 1.88 bits per heavy atom. The molecule has 6 nitrogen and oxygen atoms in total. The Bertz CT molecular complexity index is 884. The quantitative estimate of drug-likeness (QED) is 0.673. The fraction of sp³-hybridized carbons (Fsp3) is 0.150. The number of anilines is 3. The van der Waals surface area contributed by atoms with E-state index in [0.717, 1.165) is 18.9 Å². The third-order valence-corrected chi connectivity index (χ3v) is 3.96. The topological polar surface area (TPSA) is 78.4 Å². The molecule has 0 aliphatic heterocycles. The molecule has 1 aromatic heterocycles.